The van der Waals surface area contributed by atoms with Gasteiger partial charge in [0, 0.05) is 17.9 Å². The fraction of sp³-hybridized carbons (Fsp3) is 0.636. The molecule has 0 aromatic carbocycles. The van der Waals surface area contributed by atoms with Gasteiger partial charge in [0.25, 0.3) is 0 Å². The second-order valence-corrected chi connectivity index (χ2v) is 9.34. The number of rotatable bonds is 2. The number of carbonyl (C=O) groups excluding carboxylic acids is 1. The van der Waals surface area contributed by atoms with Gasteiger partial charge in [-0.15, -0.1) is 0 Å². The molecule has 0 radical (unpaired) electrons. The zero-order valence-corrected chi connectivity index (χ0v) is 15.1. The molecule has 3 saturated carbocycles. The van der Waals surface area contributed by atoms with Crippen molar-refractivity contribution >= 4 is 11.8 Å². The molecule has 4 nitrogen and oxygen atoms in total. The second kappa shape index (κ2) is 5.19. The van der Waals surface area contributed by atoms with Crippen molar-refractivity contribution < 1.29 is 19.8 Å². The SMILES string of the molecule is C[C@]12CC[C@H]3[C@@H](C=CC4=CC(=O)CC[C@@H]43)[C@@H]1[C@H]1C[C@H]1[C@@]2(O)/C=C\C(=O)O. The number of aliphatic carboxylic acids is 1. The molecule has 2 N–H and O–H groups in total. The molecule has 0 spiro atoms. The Hall–Kier alpha value is -1.68. The average Bonchev–Trinajstić information content (AvgIpc) is 3.36. The van der Waals surface area contributed by atoms with Crippen molar-refractivity contribution in [1.29, 1.82) is 0 Å². The summed E-state index contributed by atoms with van der Waals surface area (Å²) >= 11 is 0. The second-order valence-electron chi connectivity index (χ2n) is 9.34. The van der Waals surface area contributed by atoms with Gasteiger partial charge in [-0.2, -0.15) is 0 Å². The summed E-state index contributed by atoms with van der Waals surface area (Å²) in [5, 5.41) is 20.6. The molecule has 0 aliphatic heterocycles. The Morgan fingerprint density at radius 3 is 2.88 bits per heavy atom. The maximum absolute atomic E-state index is 11.8. The number of carboxylic acid groups (broad SMARTS) is 1. The van der Waals surface area contributed by atoms with Gasteiger partial charge in [-0.3, -0.25) is 4.79 Å². The molecule has 5 aliphatic rings. The summed E-state index contributed by atoms with van der Waals surface area (Å²) in [5.41, 5.74) is -0.0560. The van der Waals surface area contributed by atoms with Crippen LogP contribution in [0.4, 0.5) is 0 Å². The van der Waals surface area contributed by atoms with E-state index in [1.54, 1.807) is 6.08 Å². The van der Waals surface area contributed by atoms with Crippen LogP contribution in [-0.4, -0.2) is 27.6 Å². The van der Waals surface area contributed by atoms with E-state index in [1.807, 2.05) is 6.08 Å². The molecule has 26 heavy (non-hydrogen) atoms. The highest BCUT2D eigenvalue weighted by molar-refractivity contribution is 5.92. The van der Waals surface area contributed by atoms with Gasteiger partial charge >= 0.3 is 5.97 Å². The van der Waals surface area contributed by atoms with Crippen LogP contribution in [0, 0.1) is 40.9 Å². The van der Waals surface area contributed by atoms with Crippen molar-refractivity contribution in [3.05, 3.63) is 36.0 Å². The van der Waals surface area contributed by atoms with Crippen LogP contribution in [0.5, 0.6) is 0 Å². The van der Waals surface area contributed by atoms with Gasteiger partial charge in [-0.1, -0.05) is 19.1 Å². The van der Waals surface area contributed by atoms with Crippen LogP contribution < -0.4 is 0 Å². The fourth-order valence-electron chi connectivity index (χ4n) is 7.21. The van der Waals surface area contributed by atoms with Gasteiger partial charge in [0.15, 0.2) is 5.78 Å². The highest BCUT2D eigenvalue weighted by atomic mass is 16.4. The Kier molecular flexibility index (Phi) is 3.29. The maximum atomic E-state index is 11.8. The first-order chi connectivity index (χ1) is 12.3. The Labute approximate surface area is 153 Å². The molecule has 0 amide bonds. The first-order valence-electron chi connectivity index (χ1n) is 9.92. The average molecular weight is 354 g/mol. The van der Waals surface area contributed by atoms with Crippen molar-refractivity contribution in [2.24, 2.45) is 40.9 Å². The van der Waals surface area contributed by atoms with Crippen molar-refractivity contribution in [3.63, 3.8) is 0 Å². The number of fused-ring (bicyclic) bond motifs is 7. The molecule has 0 aromatic heterocycles. The smallest absolute Gasteiger partial charge is 0.328 e. The van der Waals surface area contributed by atoms with E-state index in [4.69, 9.17) is 5.11 Å². The summed E-state index contributed by atoms with van der Waals surface area (Å²) in [6.07, 6.45) is 13.6. The lowest BCUT2D eigenvalue weighted by atomic mass is 9.50. The summed E-state index contributed by atoms with van der Waals surface area (Å²) in [6.45, 7) is 2.18. The predicted octanol–water partition coefficient (Wildman–Crippen LogP) is 3.13. The van der Waals surface area contributed by atoms with Crippen LogP contribution in [0.2, 0.25) is 0 Å². The summed E-state index contributed by atoms with van der Waals surface area (Å²) in [6, 6.07) is 0. The zero-order chi connectivity index (χ0) is 18.3. The Bertz CT molecular complexity index is 777. The number of aliphatic hydroxyl groups is 1. The van der Waals surface area contributed by atoms with Crippen LogP contribution in [-0.2, 0) is 9.59 Å². The van der Waals surface area contributed by atoms with E-state index >= 15 is 0 Å². The minimum Gasteiger partial charge on any atom is -0.478 e. The Morgan fingerprint density at radius 2 is 2.12 bits per heavy atom. The van der Waals surface area contributed by atoms with Gasteiger partial charge in [0.2, 0.25) is 0 Å². The van der Waals surface area contributed by atoms with Gasteiger partial charge in [-0.25, -0.2) is 4.79 Å². The topological polar surface area (TPSA) is 74.6 Å². The van der Waals surface area contributed by atoms with Crippen LogP contribution >= 0.6 is 0 Å². The minimum absolute atomic E-state index is 0.199. The highest BCUT2D eigenvalue weighted by Gasteiger charge is 2.74. The largest absolute Gasteiger partial charge is 0.478 e. The first kappa shape index (κ1) is 16.5. The van der Waals surface area contributed by atoms with E-state index in [2.05, 4.69) is 19.1 Å². The standard InChI is InChI=1S/C22H26O4/c1-21-8-6-15-14-5-3-13(23)10-12(14)2-4-16(15)20(21)17-11-18(17)22(21,26)9-7-19(24)25/h2,4,7,9-10,14-18,20,26H,3,5-6,8,11H2,1H3,(H,24,25)/b9-7-/t14-,15+,16+,17-,18+,20+,21-,22-/m0/s1. The monoisotopic (exact) mass is 354 g/mol. The van der Waals surface area contributed by atoms with Gasteiger partial charge in [0.05, 0.1) is 5.60 Å². The summed E-state index contributed by atoms with van der Waals surface area (Å²) in [5.74, 6) is 1.84. The Morgan fingerprint density at radius 1 is 1.31 bits per heavy atom. The highest BCUT2D eigenvalue weighted by Crippen LogP contribution is 2.75. The molecule has 0 saturated heterocycles. The number of carboxylic acids is 1. The number of ketones is 1. The van der Waals surface area contributed by atoms with E-state index in [9.17, 15) is 14.7 Å². The van der Waals surface area contributed by atoms with Crippen LogP contribution in [0.1, 0.15) is 39.0 Å². The summed E-state index contributed by atoms with van der Waals surface area (Å²) in [4.78, 5) is 22.8. The molecule has 0 heterocycles. The van der Waals surface area contributed by atoms with Gasteiger partial charge < -0.3 is 10.2 Å². The lowest BCUT2D eigenvalue weighted by molar-refractivity contribution is -0.132. The molecular formula is C22H26O4. The molecule has 0 bridgehead atoms. The number of allylic oxidation sites excluding steroid dienone is 4. The molecule has 0 aromatic rings. The van der Waals surface area contributed by atoms with Crippen molar-refractivity contribution in [3.8, 4) is 0 Å². The van der Waals surface area contributed by atoms with Crippen LogP contribution in [0.15, 0.2) is 36.0 Å². The minimum atomic E-state index is -1.00. The fourth-order valence-corrected chi connectivity index (χ4v) is 7.21. The van der Waals surface area contributed by atoms with Crippen molar-refractivity contribution in [2.45, 2.75) is 44.6 Å². The molecular weight excluding hydrogens is 328 g/mol. The lowest BCUT2D eigenvalue weighted by Crippen LogP contribution is -2.53. The molecule has 5 rings (SSSR count). The Balaban J connectivity index is 1.52. The number of hydrogen-bond acceptors (Lipinski definition) is 3. The molecule has 5 aliphatic carbocycles. The lowest BCUT2D eigenvalue weighted by Gasteiger charge is -2.55. The molecule has 0 unspecified atom stereocenters. The number of carbonyl (C=O) groups is 2. The van der Waals surface area contributed by atoms with Crippen LogP contribution in [0.3, 0.4) is 0 Å². The third kappa shape index (κ3) is 1.99. The van der Waals surface area contributed by atoms with Gasteiger partial charge in [0.1, 0.15) is 0 Å². The normalized spacial score (nSPS) is 51.3. The quantitative estimate of drug-likeness (QED) is 0.747. The van der Waals surface area contributed by atoms with E-state index in [0.717, 1.165) is 31.8 Å². The molecule has 3 fully saturated rings. The zero-order valence-electron chi connectivity index (χ0n) is 15.1. The van der Waals surface area contributed by atoms with Crippen LogP contribution in [0.25, 0.3) is 0 Å². The summed E-state index contributed by atoms with van der Waals surface area (Å²) in [7, 11) is 0. The van der Waals surface area contributed by atoms with E-state index in [1.165, 1.54) is 5.57 Å². The molecule has 8 atom stereocenters. The van der Waals surface area contributed by atoms with E-state index < -0.39 is 11.6 Å². The van der Waals surface area contributed by atoms with Gasteiger partial charge in [-0.05, 0) is 78.9 Å². The first-order valence-corrected chi connectivity index (χ1v) is 9.92. The predicted molar refractivity (Wildman–Crippen MR) is 96.1 cm³/mol. The van der Waals surface area contributed by atoms with E-state index in [0.29, 0.717) is 36.0 Å². The van der Waals surface area contributed by atoms with Crippen molar-refractivity contribution in [1.82, 2.24) is 0 Å². The maximum Gasteiger partial charge on any atom is 0.328 e. The molecule has 138 valence electrons. The van der Waals surface area contributed by atoms with E-state index in [-0.39, 0.29) is 17.1 Å². The summed E-state index contributed by atoms with van der Waals surface area (Å²) < 4.78 is 0. The molecule has 4 heteroatoms. The number of hydrogen-bond donors (Lipinski definition) is 2. The third-order valence-corrected chi connectivity index (χ3v) is 8.39. The third-order valence-electron chi connectivity index (χ3n) is 8.39. The van der Waals surface area contributed by atoms with Crippen molar-refractivity contribution in [2.75, 3.05) is 0 Å².